The van der Waals surface area contributed by atoms with Gasteiger partial charge in [0, 0.05) is 31.2 Å². The number of nitrogens with zero attached hydrogens (tertiary/aromatic N) is 1. The van der Waals surface area contributed by atoms with Gasteiger partial charge in [-0.05, 0) is 37.9 Å². The fourth-order valence-corrected chi connectivity index (χ4v) is 2.53. The summed E-state index contributed by atoms with van der Waals surface area (Å²) in [6, 6.07) is 10.6. The molecule has 0 aliphatic carbocycles. The molecule has 1 aliphatic heterocycles. The molecule has 1 aromatic rings. The maximum absolute atomic E-state index is 11.7. The maximum Gasteiger partial charge on any atom is 0.220 e. The Labute approximate surface area is 139 Å². The predicted molar refractivity (Wildman–Crippen MR) is 92.6 cm³/mol. The fraction of sp³-hybridized carbons (Fsp3) is 0.533. The summed E-state index contributed by atoms with van der Waals surface area (Å²) in [4.78, 5) is 14.1. The second kappa shape index (κ2) is 10.7. The van der Waals surface area contributed by atoms with Gasteiger partial charge in [-0.1, -0.05) is 18.2 Å². The molecular formula is C15H25Cl2N3O. The van der Waals surface area contributed by atoms with E-state index < -0.39 is 0 Å². The Hall–Kier alpha value is -0.970. The van der Waals surface area contributed by atoms with E-state index in [1.807, 2.05) is 6.07 Å². The number of hydrogen-bond donors (Lipinski definition) is 2. The largest absolute Gasteiger partial charge is 0.369 e. The first-order valence-electron chi connectivity index (χ1n) is 7.09. The van der Waals surface area contributed by atoms with Gasteiger partial charge in [0.25, 0.3) is 0 Å². The second-order valence-corrected chi connectivity index (χ2v) is 5.08. The maximum atomic E-state index is 11.7. The van der Waals surface area contributed by atoms with E-state index in [-0.39, 0.29) is 36.8 Å². The topological polar surface area (TPSA) is 58.4 Å². The molecule has 1 unspecified atom stereocenters. The number of amides is 1. The lowest BCUT2D eigenvalue weighted by Gasteiger charge is -2.34. The third-order valence-electron chi connectivity index (χ3n) is 3.52. The molecule has 2 rings (SSSR count). The van der Waals surface area contributed by atoms with Crippen LogP contribution in [0.1, 0.15) is 25.7 Å². The van der Waals surface area contributed by atoms with Crippen molar-refractivity contribution in [1.29, 1.82) is 0 Å². The number of nitrogens with one attached hydrogen (secondary N) is 1. The highest BCUT2D eigenvalue weighted by Gasteiger charge is 2.21. The van der Waals surface area contributed by atoms with E-state index in [0.29, 0.717) is 13.0 Å². The van der Waals surface area contributed by atoms with Gasteiger partial charge in [-0.2, -0.15) is 0 Å². The van der Waals surface area contributed by atoms with E-state index >= 15 is 0 Å². The molecule has 120 valence electrons. The normalized spacial score (nSPS) is 17.4. The van der Waals surface area contributed by atoms with Crippen molar-refractivity contribution in [3.8, 4) is 0 Å². The summed E-state index contributed by atoms with van der Waals surface area (Å²) >= 11 is 0. The zero-order valence-corrected chi connectivity index (χ0v) is 13.8. The Morgan fingerprint density at radius 3 is 2.67 bits per heavy atom. The van der Waals surface area contributed by atoms with E-state index in [0.717, 1.165) is 32.4 Å². The van der Waals surface area contributed by atoms with Crippen molar-refractivity contribution in [2.24, 2.45) is 5.73 Å². The third kappa shape index (κ3) is 6.55. The number of carbonyl (C=O) groups excluding carboxylic acids is 1. The number of piperidine rings is 1. The molecule has 1 atom stereocenters. The van der Waals surface area contributed by atoms with Crippen molar-refractivity contribution in [2.45, 2.75) is 31.7 Å². The van der Waals surface area contributed by atoms with Crippen LogP contribution in [0.5, 0.6) is 0 Å². The molecule has 1 aliphatic rings. The number of benzene rings is 1. The quantitative estimate of drug-likeness (QED) is 0.869. The van der Waals surface area contributed by atoms with Gasteiger partial charge in [-0.25, -0.2) is 0 Å². The molecule has 1 heterocycles. The van der Waals surface area contributed by atoms with Crippen LogP contribution in [0, 0.1) is 0 Å². The molecule has 1 saturated heterocycles. The van der Waals surface area contributed by atoms with E-state index in [1.54, 1.807) is 0 Å². The van der Waals surface area contributed by atoms with Gasteiger partial charge < -0.3 is 16.0 Å². The lowest BCUT2D eigenvalue weighted by Crippen LogP contribution is -2.47. The minimum absolute atomic E-state index is 0. The molecule has 0 radical (unpaired) electrons. The molecule has 1 fully saturated rings. The molecule has 21 heavy (non-hydrogen) atoms. The Morgan fingerprint density at radius 1 is 1.29 bits per heavy atom. The van der Waals surface area contributed by atoms with Gasteiger partial charge in [-0.3, -0.25) is 4.79 Å². The van der Waals surface area contributed by atoms with Crippen molar-refractivity contribution in [3.05, 3.63) is 30.3 Å². The highest BCUT2D eigenvalue weighted by atomic mass is 35.5. The highest BCUT2D eigenvalue weighted by Crippen LogP contribution is 2.19. The van der Waals surface area contributed by atoms with Crippen LogP contribution in [-0.2, 0) is 4.79 Å². The number of anilines is 1. The Kier molecular flexibility index (Phi) is 10.2. The lowest BCUT2D eigenvalue weighted by atomic mass is 10.0. The summed E-state index contributed by atoms with van der Waals surface area (Å²) in [5, 5.41) is 3.12. The molecular weight excluding hydrogens is 309 g/mol. The summed E-state index contributed by atoms with van der Waals surface area (Å²) in [5.41, 5.74) is 6.66. The standard InChI is InChI=1S/C15H23N3O.2ClH/c16-10-4-9-15(19)17-13-6-5-11-18(12-13)14-7-2-1-3-8-14;;/h1-3,7-8,13H,4-6,9-12,16H2,(H,17,19);2*1H. The van der Waals surface area contributed by atoms with Gasteiger partial charge in [0.1, 0.15) is 0 Å². The van der Waals surface area contributed by atoms with Gasteiger partial charge in [-0.15, -0.1) is 24.8 Å². The van der Waals surface area contributed by atoms with Crippen molar-refractivity contribution in [1.82, 2.24) is 5.32 Å². The van der Waals surface area contributed by atoms with Gasteiger partial charge in [0.15, 0.2) is 0 Å². The zero-order chi connectivity index (χ0) is 13.5. The minimum Gasteiger partial charge on any atom is -0.369 e. The Morgan fingerprint density at radius 2 is 2.00 bits per heavy atom. The van der Waals surface area contributed by atoms with Crippen LogP contribution in [0.4, 0.5) is 5.69 Å². The summed E-state index contributed by atoms with van der Waals surface area (Å²) in [6.45, 7) is 2.55. The minimum atomic E-state index is 0. The average molecular weight is 334 g/mol. The second-order valence-electron chi connectivity index (χ2n) is 5.08. The van der Waals surface area contributed by atoms with Gasteiger partial charge in [0.05, 0.1) is 0 Å². The molecule has 1 amide bonds. The van der Waals surface area contributed by atoms with Crippen LogP contribution in [0.2, 0.25) is 0 Å². The monoisotopic (exact) mass is 333 g/mol. The zero-order valence-electron chi connectivity index (χ0n) is 12.2. The van der Waals surface area contributed by atoms with Crippen molar-refractivity contribution in [2.75, 3.05) is 24.5 Å². The average Bonchev–Trinajstić information content (AvgIpc) is 2.46. The van der Waals surface area contributed by atoms with Crippen LogP contribution < -0.4 is 16.0 Å². The van der Waals surface area contributed by atoms with E-state index in [1.165, 1.54) is 5.69 Å². The molecule has 0 spiro atoms. The van der Waals surface area contributed by atoms with Crippen molar-refractivity contribution >= 4 is 36.4 Å². The molecule has 0 aromatic heterocycles. The molecule has 1 aromatic carbocycles. The number of carbonyl (C=O) groups is 1. The van der Waals surface area contributed by atoms with Crippen LogP contribution in [0.15, 0.2) is 30.3 Å². The van der Waals surface area contributed by atoms with Crippen LogP contribution in [0.25, 0.3) is 0 Å². The van der Waals surface area contributed by atoms with Crippen LogP contribution >= 0.6 is 24.8 Å². The molecule has 3 N–H and O–H groups in total. The summed E-state index contributed by atoms with van der Waals surface area (Å²) in [6.07, 6.45) is 3.49. The summed E-state index contributed by atoms with van der Waals surface area (Å²) in [5.74, 6) is 0.130. The molecule has 6 heteroatoms. The first-order chi connectivity index (χ1) is 9.29. The number of rotatable bonds is 5. The Balaban J connectivity index is 0.00000200. The SMILES string of the molecule is Cl.Cl.NCCCC(=O)NC1CCCN(c2ccccc2)C1. The predicted octanol–water partition coefficient (Wildman–Crippen LogP) is 2.35. The number of halogens is 2. The summed E-state index contributed by atoms with van der Waals surface area (Å²) in [7, 11) is 0. The first kappa shape index (κ1) is 20.0. The number of nitrogens with two attached hydrogens (primary N) is 1. The fourth-order valence-electron chi connectivity index (χ4n) is 2.53. The van der Waals surface area contributed by atoms with Crippen molar-refractivity contribution in [3.63, 3.8) is 0 Å². The summed E-state index contributed by atoms with van der Waals surface area (Å²) < 4.78 is 0. The molecule has 4 nitrogen and oxygen atoms in total. The third-order valence-corrected chi connectivity index (χ3v) is 3.52. The van der Waals surface area contributed by atoms with E-state index in [2.05, 4.69) is 34.5 Å². The van der Waals surface area contributed by atoms with Crippen LogP contribution in [-0.4, -0.2) is 31.6 Å². The smallest absolute Gasteiger partial charge is 0.220 e. The van der Waals surface area contributed by atoms with E-state index in [9.17, 15) is 4.79 Å². The lowest BCUT2D eigenvalue weighted by molar-refractivity contribution is -0.121. The number of hydrogen-bond acceptors (Lipinski definition) is 3. The van der Waals surface area contributed by atoms with E-state index in [4.69, 9.17) is 5.73 Å². The Bertz CT molecular complexity index is 403. The van der Waals surface area contributed by atoms with Crippen molar-refractivity contribution < 1.29 is 4.79 Å². The highest BCUT2D eigenvalue weighted by molar-refractivity contribution is 5.85. The molecule has 0 saturated carbocycles. The molecule has 0 bridgehead atoms. The van der Waals surface area contributed by atoms with Crippen LogP contribution in [0.3, 0.4) is 0 Å². The van der Waals surface area contributed by atoms with Gasteiger partial charge >= 0.3 is 0 Å². The number of para-hydroxylation sites is 1. The first-order valence-corrected chi connectivity index (χ1v) is 7.09. The van der Waals surface area contributed by atoms with Gasteiger partial charge in [0.2, 0.25) is 5.91 Å².